The highest BCUT2D eigenvalue weighted by Crippen LogP contribution is 2.29. The largest absolute Gasteiger partial charge is 0.369 e. The monoisotopic (exact) mass is 296 g/mol. The molecule has 0 aromatic rings. The maximum Gasteiger partial charge on any atom is 0.242 e. The normalized spacial score (nSPS) is 25.5. The molecule has 0 radical (unpaired) electrons. The minimum atomic E-state index is -0.812. The van der Waals surface area contributed by atoms with Crippen LogP contribution in [0, 0.1) is 5.92 Å². The molecule has 3 amide bonds. The van der Waals surface area contributed by atoms with Gasteiger partial charge in [-0.05, 0) is 12.8 Å². The highest BCUT2D eigenvalue weighted by Gasteiger charge is 2.41. The highest BCUT2D eigenvalue weighted by atomic mass is 16.2. The molecule has 21 heavy (non-hydrogen) atoms. The molecule has 2 aliphatic rings. The van der Waals surface area contributed by atoms with E-state index in [0.29, 0.717) is 25.9 Å². The van der Waals surface area contributed by atoms with Gasteiger partial charge in [-0.3, -0.25) is 14.4 Å². The van der Waals surface area contributed by atoms with Crippen molar-refractivity contribution in [3.8, 4) is 0 Å². The summed E-state index contributed by atoms with van der Waals surface area (Å²) in [6, 6.07) is 0. The van der Waals surface area contributed by atoms with E-state index < -0.39 is 17.4 Å². The van der Waals surface area contributed by atoms with Crippen LogP contribution in [0.4, 0.5) is 0 Å². The second kappa shape index (κ2) is 6.01. The standard InChI is InChI=1S/C14H24N4O3/c1-10(19)17-6-7-18(9-11(8-17)12(15)20)13(21)14(16)4-2-3-5-14/h11H,2-9,16H2,1H3,(H2,15,20)/t11-/m0/s1. The van der Waals surface area contributed by atoms with Gasteiger partial charge in [-0.2, -0.15) is 0 Å². The first kappa shape index (κ1) is 15.8. The van der Waals surface area contributed by atoms with Crippen molar-refractivity contribution in [3.63, 3.8) is 0 Å². The predicted octanol–water partition coefficient (Wildman–Crippen LogP) is -0.950. The van der Waals surface area contributed by atoms with Gasteiger partial charge in [-0.15, -0.1) is 0 Å². The summed E-state index contributed by atoms with van der Waals surface area (Å²) < 4.78 is 0. The van der Waals surface area contributed by atoms with E-state index >= 15 is 0 Å². The van der Waals surface area contributed by atoms with Crippen molar-refractivity contribution in [3.05, 3.63) is 0 Å². The number of nitrogens with two attached hydrogens (primary N) is 2. The summed E-state index contributed by atoms with van der Waals surface area (Å²) >= 11 is 0. The maximum absolute atomic E-state index is 12.7. The van der Waals surface area contributed by atoms with Crippen LogP contribution in [-0.2, 0) is 14.4 Å². The fourth-order valence-electron chi connectivity index (χ4n) is 3.20. The van der Waals surface area contributed by atoms with E-state index in [2.05, 4.69) is 0 Å². The number of primary amides is 1. The van der Waals surface area contributed by atoms with E-state index in [1.807, 2.05) is 0 Å². The number of carbonyl (C=O) groups excluding carboxylic acids is 3. The summed E-state index contributed by atoms with van der Waals surface area (Å²) in [5.41, 5.74) is 10.8. The molecule has 1 saturated carbocycles. The van der Waals surface area contributed by atoms with Crippen molar-refractivity contribution in [1.82, 2.24) is 9.80 Å². The Kier molecular flexibility index (Phi) is 4.51. The Hall–Kier alpha value is -1.63. The molecule has 1 atom stereocenters. The molecular weight excluding hydrogens is 272 g/mol. The van der Waals surface area contributed by atoms with Crippen LogP contribution < -0.4 is 11.5 Å². The van der Waals surface area contributed by atoms with E-state index in [1.165, 1.54) is 6.92 Å². The summed E-state index contributed by atoms with van der Waals surface area (Å²) in [5.74, 6) is -1.25. The Labute approximate surface area is 124 Å². The van der Waals surface area contributed by atoms with Crippen molar-refractivity contribution in [2.24, 2.45) is 17.4 Å². The number of nitrogens with zero attached hydrogens (tertiary/aromatic N) is 2. The molecule has 118 valence electrons. The Morgan fingerprint density at radius 1 is 1.05 bits per heavy atom. The molecule has 0 spiro atoms. The van der Waals surface area contributed by atoms with Crippen molar-refractivity contribution in [1.29, 1.82) is 0 Å². The van der Waals surface area contributed by atoms with Crippen LogP contribution >= 0.6 is 0 Å². The molecule has 1 aliphatic carbocycles. The van der Waals surface area contributed by atoms with Gasteiger partial charge < -0.3 is 21.3 Å². The highest BCUT2D eigenvalue weighted by molar-refractivity contribution is 5.87. The first-order chi connectivity index (χ1) is 9.83. The molecule has 2 rings (SSSR count). The minimum absolute atomic E-state index is 0.112. The van der Waals surface area contributed by atoms with Gasteiger partial charge in [0, 0.05) is 33.1 Å². The lowest BCUT2D eigenvalue weighted by Crippen LogP contribution is -2.55. The van der Waals surface area contributed by atoms with Gasteiger partial charge in [0.15, 0.2) is 0 Å². The molecule has 7 nitrogen and oxygen atoms in total. The van der Waals surface area contributed by atoms with E-state index in [-0.39, 0.29) is 24.9 Å². The summed E-state index contributed by atoms with van der Waals surface area (Å²) in [5, 5.41) is 0. The second-order valence-electron chi connectivity index (χ2n) is 6.18. The van der Waals surface area contributed by atoms with Gasteiger partial charge in [0.1, 0.15) is 0 Å². The molecule has 0 aromatic heterocycles. The zero-order chi connectivity index (χ0) is 15.6. The summed E-state index contributed by atoms with van der Waals surface area (Å²) in [6.45, 7) is 2.79. The zero-order valence-corrected chi connectivity index (χ0v) is 12.5. The Balaban J connectivity index is 2.14. The smallest absolute Gasteiger partial charge is 0.242 e. The van der Waals surface area contributed by atoms with Crippen molar-refractivity contribution < 1.29 is 14.4 Å². The van der Waals surface area contributed by atoms with E-state index in [4.69, 9.17) is 11.5 Å². The molecular formula is C14H24N4O3. The van der Waals surface area contributed by atoms with Crippen LogP contribution in [-0.4, -0.2) is 59.2 Å². The molecule has 1 saturated heterocycles. The fraction of sp³-hybridized carbons (Fsp3) is 0.786. The van der Waals surface area contributed by atoms with Crippen molar-refractivity contribution >= 4 is 17.7 Å². The number of carbonyl (C=O) groups is 3. The minimum Gasteiger partial charge on any atom is -0.369 e. The predicted molar refractivity (Wildman–Crippen MR) is 76.9 cm³/mol. The summed E-state index contributed by atoms with van der Waals surface area (Å²) in [7, 11) is 0. The average molecular weight is 296 g/mol. The molecule has 0 bridgehead atoms. The maximum atomic E-state index is 12.7. The molecule has 0 aromatic carbocycles. The van der Waals surface area contributed by atoms with Crippen molar-refractivity contribution in [2.75, 3.05) is 26.2 Å². The average Bonchev–Trinajstić information content (AvgIpc) is 2.74. The number of amides is 3. The van der Waals surface area contributed by atoms with Gasteiger partial charge in [0.05, 0.1) is 11.5 Å². The third-order valence-corrected chi connectivity index (χ3v) is 4.58. The molecule has 2 fully saturated rings. The van der Waals surface area contributed by atoms with E-state index in [9.17, 15) is 14.4 Å². The van der Waals surface area contributed by atoms with E-state index in [1.54, 1.807) is 9.80 Å². The van der Waals surface area contributed by atoms with Crippen LogP contribution in [0.2, 0.25) is 0 Å². The van der Waals surface area contributed by atoms with E-state index in [0.717, 1.165) is 12.8 Å². The quantitative estimate of drug-likeness (QED) is 0.684. The fourth-order valence-corrected chi connectivity index (χ4v) is 3.20. The zero-order valence-electron chi connectivity index (χ0n) is 12.5. The number of rotatable bonds is 2. The lowest BCUT2D eigenvalue weighted by atomic mass is 9.96. The molecule has 1 aliphatic heterocycles. The lowest BCUT2D eigenvalue weighted by Gasteiger charge is -2.31. The third-order valence-electron chi connectivity index (χ3n) is 4.58. The van der Waals surface area contributed by atoms with Crippen LogP contribution in [0.1, 0.15) is 32.6 Å². The van der Waals surface area contributed by atoms with Crippen LogP contribution in [0.3, 0.4) is 0 Å². The Morgan fingerprint density at radius 2 is 1.57 bits per heavy atom. The molecule has 0 unspecified atom stereocenters. The first-order valence-electron chi connectivity index (χ1n) is 7.46. The van der Waals surface area contributed by atoms with Crippen molar-refractivity contribution in [2.45, 2.75) is 38.1 Å². The molecule has 4 N–H and O–H groups in total. The number of hydrogen-bond donors (Lipinski definition) is 2. The topological polar surface area (TPSA) is 110 Å². The Bertz CT molecular complexity index is 446. The van der Waals surface area contributed by atoms with Gasteiger partial charge in [0.25, 0.3) is 0 Å². The third kappa shape index (κ3) is 3.34. The first-order valence-corrected chi connectivity index (χ1v) is 7.46. The van der Waals surface area contributed by atoms with Gasteiger partial charge in [-0.25, -0.2) is 0 Å². The van der Waals surface area contributed by atoms with Crippen LogP contribution in [0.5, 0.6) is 0 Å². The second-order valence-corrected chi connectivity index (χ2v) is 6.18. The van der Waals surface area contributed by atoms with Crippen LogP contribution in [0.25, 0.3) is 0 Å². The van der Waals surface area contributed by atoms with Gasteiger partial charge >= 0.3 is 0 Å². The molecule has 1 heterocycles. The SMILES string of the molecule is CC(=O)N1CCN(C(=O)C2(N)CCCC2)C[C@@H](C(N)=O)C1. The molecule has 7 heteroatoms. The summed E-state index contributed by atoms with van der Waals surface area (Å²) in [4.78, 5) is 39.0. The summed E-state index contributed by atoms with van der Waals surface area (Å²) in [6.07, 6.45) is 3.27. The van der Waals surface area contributed by atoms with Crippen LogP contribution in [0.15, 0.2) is 0 Å². The lowest BCUT2D eigenvalue weighted by molar-refractivity contribution is -0.138. The van der Waals surface area contributed by atoms with Gasteiger partial charge in [0.2, 0.25) is 17.7 Å². The van der Waals surface area contributed by atoms with Gasteiger partial charge in [-0.1, -0.05) is 12.8 Å². The Morgan fingerprint density at radius 3 is 2.10 bits per heavy atom. The number of hydrogen-bond acceptors (Lipinski definition) is 4.